The van der Waals surface area contributed by atoms with Crippen molar-refractivity contribution in [3.63, 3.8) is 0 Å². The summed E-state index contributed by atoms with van der Waals surface area (Å²) in [5, 5.41) is 8.50. The van der Waals surface area contributed by atoms with Crippen LogP contribution in [0, 0.1) is 5.92 Å². The molecule has 3 N–H and O–H groups in total. The minimum absolute atomic E-state index is 0.0565. The Morgan fingerprint density at radius 1 is 1.06 bits per heavy atom. The first-order chi connectivity index (χ1) is 8.47. The first-order valence-corrected chi connectivity index (χ1v) is 6.75. The van der Waals surface area contributed by atoms with Gasteiger partial charge in [0.15, 0.2) is 0 Å². The molecule has 1 atom stereocenters. The zero-order chi connectivity index (χ0) is 14.0. The first-order valence-electron chi connectivity index (χ1n) is 6.75. The van der Waals surface area contributed by atoms with Crippen LogP contribution in [0.2, 0.25) is 0 Å². The van der Waals surface area contributed by atoms with E-state index in [4.69, 9.17) is 0 Å². The number of rotatable bonds is 9. The Morgan fingerprint density at radius 2 is 1.72 bits per heavy atom. The molecule has 106 valence electrons. The molecule has 0 aliphatic carbocycles. The summed E-state index contributed by atoms with van der Waals surface area (Å²) in [6.45, 7) is 9.53. The van der Waals surface area contributed by atoms with E-state index in [0.717, 1.165) is 12.8 Å². The van der Waals surface area contributed by atoms with Crippen LogP contribution < -0.4 is 16.0 Å². The number of hydrogen-bond donors (Lipinski definition) is 3. The molecule has 0 rings (SSSR count). The van der Waals surface area contributed by atoms with Crippen LogP contribution >= 0.6 is 0 Å². The van der Waals surface area contributed by atoms with E-state index < -0.39 is 0 Å². The highest BCUT2D eigenvalue weighted by Gasteiger charge is 2.12. The number of carbonyl (C=O) groups excluding carboxylic acids is 2. The lowest BCUT2D eigenvalue weighted by Gasteiger charge is -2.14. The maximum atomic E-state index is 11.6. The average Bonchev–Trinajstić information content (AvgIpc) is 2.32. The van der Waals surface area contributed by atoms with Gasteiger partial charge in [-0.15, -0.1) is 0 Å². The summed E-state index contributed by atoms with van der Waals surface area (Å²) in [4.78, 5) is 23.0. The molecular formula is C13H27N3O2. The summed E-state index contributed by atoms with van der Waals surface area (Å²) in [5.74, 6) is 0.450. The van der Waals surface area contributed by atoms with Gasteiger partial charge in [-0.2, -0.15) is 0 Å². The van der Waals surface area contributed by atoms with Crippen molar-refractivity contribution in [1.82, 2.24) is 16.0 Å². The maximum Gasteiger partial charge on any atom is 0.236 e. The van der Waals surface area contributed by atoms with Crippen molar-refractivity contribution < 1.29 is 9.59 Å². The van der Waals surface area contributed by atoms with Gasteiger partial charge >= 0.3 is 0 Å². The second kappa shape index (κ2) is 9.88. The van der Waals surface area contributed by atoms with Crippen LogP contribution in [0.4, 0.5) is 0 Å². The lowest BCUT2D eigenvalue weighted by molar-refractivity contribution is -0.123. The summed E-state index contributed by atoms with van der Waals surface area (Å²) < 4.78 is 0. The zero-order valence-electron chi connectivity index (χ0n) is 12.0. The van der Waals surface area contributed by atoms with E-state index in [-0.39, 0.29) is 24.4 Å². The van der Waals surface area contributed by atoms with Crippen molar-refractivity contribution in [3.05, 3.63) is 0 Å². The number of nitrogens with one attached hydrogen (secondary N) is 3. The molecule has 0 spiro atoms. The van der Waals surface area contributed by atoms with Crippen LogP contribution in [-0.2, 0) is 9.59 Å². The van der Waals surface area contributed by atoms with Crippen LogP contribution in [0.15, 0.2) is 0 Å². The van der Waals surface area contributed by atoms with E-state index in [9.17, 15) is 9.59 Å². The SMILES string of the molecule is CCCNC(=O)CNC(C)C(=O)NCCC(C)C. The molecule has 0 fully saturated rings. The molecule has 0 aromatic carbocycles. The average molecular weight is 257 g/mol. The minimum atomic E-state index is -0.343. The fourth-order valence-corrected chi connectivity index (χ4v) is 1.30. The van der Waals surface area contributed by atoms with Crippen LogP contribution in [0.1, 0.15) is 40.5 Å². The predicted molar refractivity (Wildman–Crippen MR) is 73.2 cm³/mol. The second-order valence-corrected chi connectivity index (χ2v) is 4.93. The van der Waals surface area contributed by atoms with Gasteiger partial charge in [0.05, 0.1) is 12.6 Å². The molecular weight excluding hydrogens is 230 g/mol. The van der Waals surface area contributed by atoms with Gasteiger partial charge in [-0.1, -0.05) is 20.8 Å². The molecule has 5 heteroatoms. The highest BCUT2D eigenvalue weighted by atomic mass is 16.2. The standard InChI is InChI=1S/C13H27N3O2/c1-5-7-14-12(17)9-16-11(4)13(18)15-8-6-10(2)3/h10-11,16H,5-9H2,1-4H3,(H,14,17)(H,15,18). The molecule has 1 unspecified atom stereocenters. The first kappa shape index (κ1) is 16.9. The van der Waals surface area contributed by atoms with Gasteiger partial charge in [0.25, 0.3) is 0 Å². The molecule has 0 bridgehead atoms. The molecule has 0 radical (unpaired) electrons. The molecule has 0 aromatic rings. The third-order valence-corrected chi connectivity index (χ3v) is 2.56. The van der Waals surface area contributed by atoms with Crippen LogP contribution in [0.25, 0.3) is 0 Å². The molecule has 0 aliphatic heterocycles. The quantitative estimate of drug-likeness (QED) is 0.568. The summed E-state index contributed by atoms with van der Waals surface area (Å²) in [7, 11) is 0. The highest BCUT2D eigenvalue weighted by Crippen LogP contribution is 1.96. The molecule has 18 heavy (non-hydrogen) atoms. The molecule has 0 aromatic heterocycles. The summed E-state index contributed by atoms with van der Waals surface area (Å²) in [6.07, 6.45) is 1.88. The third-order valence-electron chi connectivity index (χ3n) is 2.56. The normalized spacial score (nSPS) is 12.3. The Bertz CT molecular complexity index is 255. The van der Waals surface area contributed by atoms with Crippen molar-refractivity contribution in [2.24, 2.45) is 5.92 Å². The molecule has 5 nitrogen and oxygen atoms in total. The van der Waals surface area contributed by atoms with E-state index >= 15 is 0 Å². The summed E-state index contributed by atoms with van der Waals surface area (Å²) in [6, 6.07) is -0.343. The predicted octanol–water partition coefficient (Wildman–Crippen LogP) is 0.653. The van der Waals surface area contributed by atoms with Crippen LogP contribution in [-0.4, -0.2) is 37.5 Å². The van der Waals surface area contributed by atoms with Crippen molar-refractivity contribution in [3.8, 4) is 0 Å². The van der Waals surface area contributed by atoms with E-state index in [1.54, 1.807) is 6.92 Å². The Kier molecular flexibility index (Phi) is 9.28. The van der Waals surface area contributed by atoms with E-state index in [1.807, 2.05) is 6.92 Å². The Labute approximate surface area is 110 Å². The lowest BCUT2D eigenvalue weighted by atomic mass is 10.1. The van der Waals surface area contributed by atoms with Gasteiger partial charge in [0.2, 0.25) is 11.8 Å². The van der Waals surface area contributed by atoms with Crippen LogP contribution in [0.3, 0.4) is 0 Å². The summed E-state index contributed by atoms with van der Waals surface area (Å²) in [5.41, 5.74) is 0. The minimum Gasteiger partial charge on any atom is -0.355 e. The van der Waals surface area contributed by atoms with E-state index in [0.29, 0.717) is 19.0 Å². The number of amides is 2. The van der Waals surface area contributed by atoms with Gasteiger partial charge in [-0.05, 0) is 25.7 Å². The fourth-order valence-electron chi connectivity index (χ4n) is 1.30. The topological polar surface area (TPSA) is 70.2 Å². The van der Waals surface area contributed by atoms with Gasteiger partial charge in [0.1, 0.15) is 0 Å². The Hall–Kier alpha value is -1.10. The van der Waals surface area contributed by atoms with Crippen LogP contribution in [0.5, 0.6) is 0 Å². The third kappa shape index (κ3) is 8.98. The van der Waals surface area contributed by atoms with Gasteiger partial charge < -0.3 is 10.6 Å². The zero-order valence-corrected chi connectivity index (χ0v) is 12.0. The maximum absolute atomic E-state index is 11.6. The van der Waals surface area contributed by atoms with Crippen molar-refractivity contribution in [2.75, 3.05) is 19.6 Å². The van der Waals surface area contributed by atoms with Crippen molar-refractivity contribution in [2.45, 2.75) is 46.6 Å². The van der Waals surface area contributed by atoms with Gasteiger partial charge in [-0.3, -0.25) is 14.9 Å². The Morgan fingerprint density at radius 3 is 2.28 bits per heavy atom. The Balaban J connectivity index is 3.70. The van der Waals surface area contributed by atoms with Crippen molar-refractivity contribution >= 4 is 11.8 Å². The smallest absolute Gasteiger partial charge is 0.236 e. The number of carbonyl (C=O) groups is 2. The molecule has 0 saturated carbocycles. The largest absolute Gasteiger partial charge is 0.355 e. The van der Waals surface area contributed by atoms with Gasteiger partial charge in [-0.25, -0.2) is 0 Å². The summed E-state index contributed by atoms with van der Waals surface area (Å²) >= 11 is 0. The second-order valence-electron chi connectivity index (χ2n) is 4.93. The lowest BCUT2D eigenvalue weighted by Crippen LogP contribution is -2.46. The van der Waals surface area contributed by atoms with Crippen molar-refractivity contribution in [1.29, 1.82) is 0 Å². The molecule has 0 saturated heterocycles. The monoisotopic (exact) mass is 257 g/mol. The van der Waals surface area contributed by atoms with Gasteiger partial charge in [0, 0.05) is 13.1 Å². The number of hydrogen-bond acceptors (Lipinski definition) is 3. The molecule has 2 amide bonds. The highest BCUT2D eigenvalue weighted by molar-refractivity contribution is 5.83. The van der Waals surface area contributed by atoms with E-state index in [2.05, 4.69) is 29.8 Å². The molecule has 0 aliphatic rings. The fraction of sp³-hybridized carbons (Fsp3) is 0.846. The van der Waals surface area contributed by atoms with E-state index in [1.165, 1.54) is 0 Å². The molecule has 0 heterocycles.